The molecule has 0 aliphatic carbocycles. The van der Waals surface area contributed by atoms with Crippen molar-refractivity contribution in [2.75, 3.05) is 26.9 Å². The Hall–Kier alpha value is -1.75. The number of carbonyl (C=O) groups is 1. The summed E-state index contributed by atoms with van der Waals surface area (Å²) in [6.07, 6.45) is 0. The Kier molecular flexibility index (Phi) is 7.74. The molecular formula is C17H27NO4. The standard InChI is InChI=1S/C17H27NO4/c1-6-21-14-9-8-13(10-15(14)22-7-2)17(12(3)4)18-16(19)11-20-5/h8-10,12,17H,6-7,11H2,1-5H3,(H,18,19). The van der Waals surface area contributed by atoms with E-state index in [1.165, 1.54) is 7.11 Å². The summed E-state index contributed by atoms with van der Waals surface area (Å²) in [5, 5.41) is 2.99. The molecule has 0 fully saturated rings. The Morgan fingerprint density at radius 2 is 1.77 bits per heavy atom. The molecule has 1 atom stereocenters. The molecule has 0 bridgehead atoms. The van der Waals surface area contributed by atoms with Crippen LogP contribution in [0.25, 0.3) is 0 Å². The molecule has 0 saturated carbocycles. The maximum atomic E-state index is 11.8. The Morgan fingerprint density at radius 3 is 2.32 bits per heavy atom. The van der Waals surface area contributed by atoms with Gasteiger partial charge in [-0.15, -0.1) is 0 Å². The van der Waals surface area contributed by atoms with Crippen LogP contribution in [0.1, 0.15) is 39.3 Å². The highest BCUT2D eigenvalue weighted by Crippen LogP contribution is 2.32. The van der Waals surface area contributed by atoms with Crippen molar-refractivity contribution in [1.82, 2.24) is 5.32 Å². The van der Waals surface area contributed by atoms with E-state index >= 15 is 0 Å². The Labute approximate surface area is 132 Å². The third-order valence-electron chi connectivity index (χ3n) is 3.19. The van der Waals surface area contributed by atoms with Crippen LogP contribution in [0, 0.1) is 5.92 Å². The molecule has 1 unspecified atom stereocenters. The Morgan fingerprint density at radius 1 is 1.14 bits per heavy atom. The molecule has 1 amide bonds. The molecule has 0 aliphatic rings. The molecule has 0 aliphatic heterocycles. The average molecular weight is 309 g/mol. The maximum absolute atomic E-state index is 11.8. The van der Waals surface area contributed by atoms with Gasteiger partial charge in [-0.1, -0.05) is 19.9 Å². The van der Waals surface area contributed by atoms with Crippen LogP contribution in [0.4, 0.5) is 0 Å². The van der Waals surface area contributed by atoms with E-state index in [1.807, 2.05) is 32.0 Å². The van der Waals surface area contributed by atoms with E-state index in [4.69, 9.17) is 14.2 Å². The number of rotatable bonds is 9. The van der Waals surface area contributed by atoms with Gasteiger partial charge in [-0.25, -0.2) is 0 Å². The van der Waals surface area contributed by atoms with E-state index in [-0.39, 0.29) is 24.5 Å². The van der Waals surface area contributed by atoms with Gasteiger partial charge in [0.05, 0.1) is 19.3 Å². The van der Waals surface area contributed by atoms with Crippen molar-refractivity contribution in [2.24, 2.45) is 5.92 Å². The van der Waals surface area contributed by atoms with Gasteiger partial charge < -0.3 is 19.5 Å². The summed E-state index contributed by atoms with van der Waals surface area (Å²) in [5.74, 6) is 1.54. The number of amides is 1. The van der Waals surface area contributed by atoms with E-state index in [0.717, 1.165) is 11.3 Å². The number of carbonyl (C=O) groups excluding carboxylic acids is 1. The van der Waals surface area contributed by atoms with Crippen LogP contribution in [0.3, 0.4) is 0 Å². The molecule has 0 heterocycles. The molecule has 22 heavy (non-hydrogen) atoms. The van der Waals surface area contributed by atoms with Crippen molar-refractivity contribution in [3.63, 3.8) is 0 Å². The molecule has 0 radical (unpaired) electrons. The molecule has 0 aromatic heterocycles. The van der Waals surface area contributed by atoms with Crippen molar-refractivity contribution in [3.8, 4) is 11.5 Å². The smallest absolute Gasteiger partial charge is 0.246 e. The lowest BCUT2D eigenvalue weighted by Crippen LogP contribution is -2.34. The molecule has 5 heteroatoms. The number of benzene rings is 1. The van der Waals surface area contributed by atoms with E-state index in [9.17, 15) is 4.79 Å². The van der Waals surface area contributed by atoms with Gasteiger partial charge in [0.15, 0.2) is 11.5 Å². The number of hydrogen-bond acceptors (Lipinski definition) is 4. The number of ether oxygens (including phenoxy) is 3. The quantitative estimate of drug-likeness (QED) is 0.762. The van der Waals surface area contributed by atoms with Crippen LogP contribution < -0.4 is 14.8 Å². The summed E-state index contributed by atoms with van der Waals surface area (Å²) in [4.78, 5) is 11.8. The van der Waals surface area contributed by atoms with Gasteiger partial charge >= 0.3 is 0 Å². The maximum Gasteiger partial charge on any atom is 0.246 e. The molecule has 1 rings (SSSR count). The lowest BCUT2D eigenvalue weighted by atomic mass is 9.95. The molecule has 1 N–H and O–H groups in total. The predicted octanol–water partition coefficient (Wildman–Crippen LogP) is 2.94. The first-order chi connectivity index (χ1) is 10.5. The van der Waals surface area contributed by atoms with Gasteiger partial charge in [0, 0.05) is 7.11 Å². The highest BCUT2D eigenvalue weighted by molar-refractivity contribution is 5.77. The largest absolute Gasteiger partial charge is 0.490 e. The van der Waals surface area contributed by atoms with Crippen molar-refractivity contribution in [3.05, 3.63) is 23.8 Å². The van der Waals surface area contributed by atoms with Gasteiger partial charge in [-0.2, -0.15) is 0 Å². The number of nitrogens with one attached hydrogen (secondary N) is 1. The van der Waals surface area contributed by atoms with Crippen molar-refractivity contribution >= 4 is 5.91 Å². The summed E-state index contributed by atoms with van der Waals surface area (Å²) in [5.41, 5.74) is 0.992. The summed E-state index contributed by atoms with van der Waals surface area (Å²) in [6, 6.07) is 5.69. The lowest BCUT2D eigenvalue weighted by Gasteiger charge is -2.24. The van der Waals surface area contributed by atoms with Crippen LogP contribution in [0.15, 0.2) is 18.2 Å². The van der Waals surface area contributed by atoms with E-state index in [0.29, 0.717) is 19.0 Å². The van der Waals surface area contributed by atoms with Crippen molar-refractivity contribution in [1.29, 1.82) is 0 Å². The second kappa shape index (κ2) is 9.30. The second-order valence-corrected chi connectivity index (χ2v) is 5.29. The molecule has 1 aromatic rings. The zero-order chi connectivity index (χ0) is 16.5. The average Bonchev–Trinajstić information content (AvgIpc) is 2.47. The fourth-order valence-corrected chi connectivity index (χ4v) is 2.24. The van der Waals surface area contributed by atoms with E-state index in [2.05, 4.69) is 19.2 Å². The van der Waals surface area contributed by atoms with Gasteiger partial charge in [-0.05, 0) is 37.5 Å². The summed E-state index contributed by atoms with van der Waals surface area (Å²) in [7, 11) is 1.51. The van der Waals surface area contributed by atoms with Crippen LogP contribution in [-0.2, 0) is 9.53 Å². The number of methoxy groups -OCH3 is 1. The van der Waals surface area contributed by atoms with Crippen LogP contribution in [-0.4, -0.2) is 32.8 Å². The second-order valence-electron chi connectivity index (χ2n) is 5.29. The normalized spacial score (nSPS) is 12.1. The minimum atomic E-state index is -0.131. The zero-order valence-electron chi connectivity index (χ0n) is 14.1. The monoisotopic (exact) mass is 309 g/mol. The minimum Gasteiger partial charge on any atom is -0.490 e. The van der Waals surface area contributed by atoms with E-state index in [1.54, 1.807) is 0 Å². The Balaban J connectivity index is 3.03. The van der Waals surface area contributed by atoms with E-state index < -0.39 is 0 Å². The summed E-state index contributed by atoms with van der Waals surface area (Å²) < 4.78 is 16.1. The molecule has 124 valence electrons. The third-order valence-corrected chi connectivity index (χ3v) is 3.19. The lowest BCUT2D eigenvalue weighted by molar-refractivity contribution is -0.125. The molecule has 0 saturated heterocycles. The molecule has 0 spiro atoms. The van der Waals surface area contributed by atoms with Gasteiger partial charge in [-0.3, -0.25) is 4.79 Å². The van der Waals surface area contributed by atoms with Gasteiger partial charge in [0.2, 0.25) is 5.91 Å². The molecule has 5 nitrogen and oxygen atoms in total. The Bertz CT molecular complexity index is 474. The zero-order valence-corrected chi connectivity index (χ0v) is 14.1. The number of hydrogen-bond donors (Lipinski definition) is 1. The highest BCUT2D eigenvalue weighted by Gasteiger charge is 2.20. The fraction of sp³-hybridized carbons (Fsp3) is 0.588. The summed E-state index contributed by atoms with van der Waals surface area (Å²) >= 11 is 0. The predicted molar refractivity (Wildman–Crippen MR) is 86.4 cm³/mol. The van der Waals surface area contributed by atoms with Crippen molar-refractivity contribution < 1.29 is 19.0 Å². The fourth-order valence-electron chi connectivity index (χ4n) is 2.24. The first kappa shape index (κ1) is 18.3. The molecular weight excluding hydrogens is 282 g/mol. The van der Waals surface area contributed by atoms with Crippen LogP contribution in [0.2, 0.25) is 0 Å². The SMILES string of the molecule is CCOc1ccc(C(NC(=O)COC)C(C)C)cc1OCC. The third kappa shape index (κ3) is 5.22. The van der Waals surface area contributed by atoms with Gasteiger partial charge in [0.1, 0.15) is 6.61 Å². The van der Waals surface area contributed by atoms with Crippen LogP contribution in [0.5, 0.6) is 11.5 Å². The highest BCUT2D eigenvalue weighted by atomic mass is 16.5. The minimum absolute atomic E-state index is 0.0541. The summed E-state index contributed by atoms with van der Waals surface area (Å²) in [6.45, 7) is 9.19. The molecule has 1 aromatic carbocycles. The van der Waals surface area contributed by atoms with Gasteiger partial charge in [0.25, 0.3) is 0 Å². The first-order valence-corrected chi connectivity index (χ1v) is 7.71. The van der Waals surface area contributed by atoms with Crippen LogP contribution >= 0.6 is 0 Å². The topological polar surface area (TPSA) is 56.8 Å². The van der Waals surface area contributed by atoms with Crippen molar-refractivity contribution in [2.45, 2.75) is 33.7 Å². The first-order valence-electron chi connectivity index (χ1n) is 7.71.